The lowest BCUT2D eigenvalue weighted by molar-refractivity contribution is 0.0746. The lowest BCUT2D eigenvalue weighted by atomic mass is 10.1. The van der Waals surface area contributed by atoms with Gasteiger partial charge in [0.05, 0.1) is 7.11 Å². The molecule has 1 aliphatic heterocycles. The van der Waals surface area contributed by atoms with Crippen LogP contribution in [0.3, 0.4) is 0 Å². The average Bonchev–Trinajstić information content (AvgIpc) is 3.15. The summed E-state index contributed by atoms with van der Waals surface area (Å²) >= 11 is 0. The van der Waals surface area contributed by atoms with Crippen molar-refractivity contribution >= 4 is 17.4 Å². The van der Waals surface area contributed by atoms with Gasteiger partial charge in [-0.25, -0.2) is 9.50 Å². The molecule has 0 aliphatic carbocycles. The molecule has 0 saturated carbocycles. The third-order valence-electron chi connectivity index (χ3n) is 4.45. The minimum absolute atomic E-state index is 0.0385. The van der Waals surface area contributed by atoms with Crippen molar-refractivity contribution in [2.45, 2.75) is 0 Å². The Balaban J connectivity index is 1.44. The van der Waals surface area contributed by atoms with E-state index in [9.17, 15) is 4.79 Å². The van der Waals surface area contributed by atoms with Crippen LogP contribution in [-0.4, -0.2) is 58.7 Å². The van der Waals surface area contributed by atoms with Gasteiger partial charge in [-0.1, -0.05) is 6.07 Å². The maximum atomic E-state index is 12.7. The zero-order valence-corrected chi connectivity index (χ0v) is 14.0. The number of carbonyl (C=O) groups is 1. The van der Waals surface area contributed by atoms with Crippen molar-refractivity contribution < 1.29 is 9.53 Å². The monoisotopic (exact) mass is 337 g/mol. The predicted molar refractivity (Wildman–Crippen MR) is 94.1 cm³/mol. The molecule has 2 aromatic heterocycles. The van der Waals surface area contributed by atoms with Crippen LogP contribution < -0.4 is 9.64 Å². The molecular weight excluding hydrogens is 318 g/mol. The first-order valence-electron chi connectivity index (χ1n) is 8.23. The largest absolute Gasteiger partial charge is 0.497 e. The quantitative estimate of drug-likeness (QED) is 0.728. The minimum atomic E-state index is 0.0385. The fourth-order valence-corrected chi connectivity index (χ4v) is 3.05. The summed E-state index contributed by atoms with van der Waals surface area (Å²) in [5, 5.41) is 4.57. The molecule has 1 fully saturated rings. The first kappa shape index (κ1) is 15.4. The lowest BCUT2D eigenvalue weighted by Gasteiger charge is -2.35. The Morgan fingerprint density at radius 1 is 1.12 bits per heavy atom. The summed E-state index contributed by atoms with van der Waals surface area (Å²) in [7, 11) is 1.60. The maximum Gasteiger partial charge on any atom is 0.254 e. The molecule has 0 radical (unpaired) electrons. The fourth-order valence-electron chi connectivity index (χ4n) is 3.05. The van der Waals surface area contributed by atoms with Crippen LogP contribution in [0.4, 0.5) is 5.82 Å². The molecule has 128 valence electrons. The highest BCUT2D eigenvalue weighted by atomic mass is 16.5. The Morgan fingerprint density at radius 2 is 1.96 bits per heavy atom. The molecule has 1 saturated heterocycles. The predicted octanol–water partition coefficient (Wildman–Crippen LogP) is 1.70. The van der Waals surface area contributed by atoms with Crippen LogP contribution in [0.1, 0.15) is 10.4 Å². The van der Waals surface area contributed by atoms with Gasteiger partial charge >= 0.3 is 0 Å². The Bertz CT molecular complexity index is 899. The number of amides is 1. The van der Waals surface area contributed by atoms with Gasteiger partial charge in [-0.05, 0) is 30.3 Å². The van der Waals surface area contributed by atoms with E-state index in [1.165, 1.54) is 0 Å². The van der Waals surface area contributed by atoms with E-state index in [1.54, 1.807) is 23.9 Å². The Kier molecular flexibility index (Phi) is 3.97. The summed E-state index contributed by atoms with van der Waals surface area (Å²) in [6, 6.07) is 11.2. The smallest absolute Gasteiger partial charge is 0.254 e. The molecule has 7 nitrogen and oxygen atoms in total. The van der Waals surface area contributed by atoms with Crippen LogP contribution in [0.2, 0.25) is 0 Å². The van der Waals surface area contributed by atoms with Crippen LogP contribution in [0.25, 0.3) is 5.65 Å². The number of aromatic nitrogens is 3. The summed E-state index contributed by atoms with van der Waals surface area (Å²) in [6.07, 6.45) is 3.57. The molecule has 0 N–H and O–H groups in total. The van der Waals surface area contributed by atoms with Crippen molar-refractivity contribution in [2.75, 3.05) is 38.2 Å². The summed E-state index contributed by atoms with van der Waals surface area (Å²) in [4.78, 5) is 20.9. The van der Waals surface area contributed by atoms with Gasteiger partial charge in [0.2, 0.25) is 0 Å². The van der Waals surface area contributed by atoms with Gasteiger partial charge < -0.3 is 14.5 Å². The number of fused-ring (bicyclic) bond motifs is 1. The van der Waals surface area contributed by atoms with E-state index in [1.807, 2.05) is 41.4 Å². The molecule has 1 amide bonds. The molecule has 0 atom stereocenters. The summed E-state index contributed by atoms with van der Waals surface area (Å²) < 4.78 is 6.97. The van der Waals surface area contributed by atoms with Crippen molar-refractivity contribution in [1.29, 1.82) is 0 Å². The molecule has 3 heterocycles. The van der Waals surface area contributed by atoms with Crippen molar-refractivity contribution in [2.24, 2.45) is 0 Å². The molecule has 1 aromatic carbocycles. The standard InChI is InChI=1S/C18H19N5O2/c1-25-15-4-2-3-14(13-15)18(24)22-11-9-21(10-12-22)17-6-5-16-19-7-8-23(16)20-17/h2-8,13H,9-12H2,1H3. The molecule has 0 bridgehead atoms. The van der Waals surface area contributed by atoms with Gasteiger partial charge in [-0.3, -0.25) is 4.79 Å². The van der Waals surface area contributed by atoms with E-state index in [0.717, 1.165) is 24.6 Å². The van der Waals surface area contributed by atoms with E-state index >= 15 is 0 Å². The fraction of sp³-hybridized carbons (Fsp3) is 0.278. The number of methoxy groups -OCH3 is 1. The second kappa shape index (κ2) is 6.43. The Morgan fingerprint density at radius 3 is 2.76 bits per heavy atom. The minimum Gasteiger partial charge on any atom is -0.497 e. The Hall–Kier alpha value is -3.09. The maximum absolute atomic E-state index is 12.7. The summed E-state index contributed by atoms with van der Waals surface area (Å²) in [5.74, 6) is 1.64. The van der Waals surface area contributed by atoms with E-state index in [4.69, 9.17) is 4.74 Å². The van der Waals surface area contributed by atoms with Crippen LogP contribution in [0, 0.1) is 0 Å². The third-order valence-corrected chi connectivity index (χ3v) is 4.45. The highest BCUT2D eigenvalue weighted by Crippen LogP contribution is 2.18. The first-order chi connectivity index (χ1) is 12.2. The topological polar surface area (TPSA) is 63.0 Å². The van der Waals surface area contributed by atoms with Crippen LogP contribution in [-0.2, 0) is 0 Å². The molecule has 0 unspecified atom stereocenters. The summed E-state index contributed by atoms with van der Waals surface area (Å²) in [6.45, 7) is 2.84. The normalized spacial score (nSPS) is 14.8. The molecule has 4 rings (SSSR count). The number of anilines is 1. The van der Waals surface area contributed by atoms with Gasteiger partial charge in [0.1, 0.15) is 11.6 Å². The van der Waals surface area contributed by atoms with Crippen molar-refractivity contribution in [3.05, 3.63) is 54.4 Å². The van der Waals surface area contributed by atoms with Gasteiger partial charge in [0, 0.05) is 44.1 Å². The van der Waals surface area contributed by atoms with Gasteiger partial charge in [0.25, 0.3) is 5.91 Å². The number of nitrogens with zero attached hydrogens (tertiary/aromatic N) is 5. The number of imidazole rings is 1. The van der Waals surface area contributed by atoms with Crippen LogP contribution in [0.5, 0.6) is 5.75 Å². The van der Waals surface area contributed by atoms with Crippen molar-refractivity contribution in [3.63, 3.8) is 0 Å². The number of ether oxygens (including phenoxy) is 1. The second-order valence-electron chi connectivity index (χ2n) is 5.93. The highest BCUT2D eigenvalue weighted by Gasteiger charge is 2.23. The molecular formula is C18H19N5O2. The summed E-state index contributed by atoms with van der Waals surface area (Å²) in [5.41, 5.74) is 1.49. The molecule has 1 aliphatic rings. The molecule has 7 heteroatoms. The zero-order chi connectivity index (χ0) is 17.2. The number of benzene rings is 1. The van der Waals surface area contributed by atoms with Crippen molar-refractivity contribution in [3.8, 4) is 5.75 Å². The number of hydrogen-bond acceptors (Lipinski definition) is 5. The average molecular weight is 337 g/mol. The lowest BCUT2D eigenvalue weighted by Crippen LogP contribution is -2.49. The number of hydrogen-bond donors (Lipinski definition) is 0. The zero-order valence-electron chi connectivity index (χ0n) is 14.0. The number of rotatable bonds is 3. The van der Waals surface area contributed by atoms with Gasteiger partial charge in [0.15, 0.2) is 5.65 Å². The molecule has 25 heavy (non-hydrogen) atoms. The SMILES string of the molecule is COc1cccc(C(=O)N2CCN(c3ccc4nccn4n3)CC2)c1. The number of piperazine rings is 1. The third kappa shape index (κ3) is 3.00. The van der Waals surface area contributed by atoms with E-state index < -0.39 is 0 Å². The van der Waals surface area contributed by atoms with E-state index in [-0.39, 0.29) is 5.91 Å². The van der Waals surface area contributed by atoms with E-state index in [0.29, 0.717) is 24.4 Å². The number of carbonyl (C=O) groups excluding carboxylic acids is 1. The molecule has 3 aromatic rings. The first-order valence-corrected chi connectivity index (χ1v) is 8.23. The van der Waals surface area contributed by atoms with Gasteiger partial charge in [-0.15, -0.1) is 5.10 Å². The second-order valence-corrected chi connectivity index (χ2v) is 5.93. The van der Waals surface area contributed by atoms with Gasteiger partial charge in [-0.2, -0.15) is 0 Å². The van der Waals surface area contributed by atoms with E-state index in [2.05, 4.69) is 15.0 Å². The molecule has 0 spiro atoms. The van der Waals surface area contributed by atoms with Crippen molar-refractivity contribution in [1.82, 2.24) is 19.5 Å². The Labute approximate surface area is 145 Å². The highest BCUT2D eigenvalue weighted by molar-refractivity contribution is 5.94. The van der Waals surface area contributed by atoms with Crippen LogP contribution in [0.15, 0.2) is 48.8 Å². The van der Waals surface area contributed by atoms with Crippen LogP contribution >= 0.6 is 0 Å².